The summed E-state index contributed by atoms with van der Waals surface area (Å²) in [6.45, 7) is 1.61. The number of rotatable bonds is 3. The lowest BCUT2D eigenvalue weighted by atomic mass is 9.76. The van der Waals surface area contributed by atoms with Crippen LogP contribution >= 0.6 is 0 Å². The highest BCUT2D eigenvalue weighted by atomic mass is 19.4. The molecule has 0 saturated heterocycles. The molecule has 3 nitrogen and oxygen atoms in total. The quantitative estimate of drug-likeness (QED) is 0.806. The summed E-state index contributed by atoms with van der Waals surface area (Å²) in [5.41, 5.74) is 4.97. The normalized spacial score (nSPS) is 30.1. The molecule has 2 atom stereocenters. The van der Waals surface area contributed by atoms with E-state index in [9.17, 15) is 18.0 Å². The van der Waals surface area contributed by atoms with Crippen LogP contribution in [-0.4, -0.2) is 24.2 Å². The lowest BCUT2D eigenvalue weighted by Gasteiger charge is -2.35. The second kappa shape index (κ2) is 5.25. The molecule has 0 aromatic heterocycles. The van der Waals surface area contributed by atoms with Crippen molar-refractivity contribution in [3.8, 4) is 0 Å². The van der Waals surface area contributed by atoms with Crippen LogP contribution in [0.3, 0.4) is 0 Å². The lowest BCUT2D eigenvalue weighted by Crippen LogP contribution is -2.56. The van der Waals surface area contributed by atoms with Crippen molar-refractivity contribution < 1.29 is 18.0 Å². The second-order valence-electron chi connectivity index (χ2n) is 4.98. The van der Waals surface area contributed by atoms with E-state index in [0.29, 0.717) is 18.8 Å². The van der Waals surface area contributed by atoms with Crippen LogP contribution < -0.4 is 11.1 Å². The summed E-state index contributed by atoms with van der Waals surface area (Å²) in [7, 11) is 0. The van der Waals surface area contributed by atoms with Crippen LogP contribution in [0.1, 0.15) is 39.0 Å². The molecule has 0 aromatic carbocycles. The largest absolute Gasteiger partial charge is 0.390 e. The molecule has 6 heteroatoms. The number of nitrogens with one attached hydrogen (secondary N) is 1. The number of hydrogen-bond donors (Lipinski definition) is 2. The van der Waals surface area contributed by atoms with Crippen molar-refractivity contribution in [3.63, 3.8) is 0 Å². The van der Waals surface area contributed by atoms with E-state index >= 15 is 0 Å². The SMILES string of the molecule is CC1CCCC(N)(C(=O)NCCC(F)(F)F)C1. The summed E-state index contributed by atoms with van der Waals surface area (Å²) in [4.78, 5) is 11.7. The average molecular weight is 252 g/mol. The maximum Gasteiger partial charge on any atom is 0.390 e. The Morgan fingerprint density at radius 3 is 2.71 bits per heavy atom. The van der Waals surface area contributed by atoms with Gasteiger partial charge in [-0.25, -0.2) is 0 Å². The molecule has 1 fully saturated rings. The molecule has 0 spiro atoms. The van der Waals surface area contributed by atoms with Crippen molar-refractivity contribution in [2.75, 3.05) is 6.54 Å². The number of amides is 1. The molecule has 1 amide bonds. The Balaban J connectivity index is 2.41. The van der Waals surface area contributed by atoms with Gasteiger partial charge in [-0.2, -0.15) is 13.2 Å². The fraction of sp³-hybridized carbons (Fsp3) is 0.909. The van der Waals surface area contributed by atoms with Crippen molar-refractivity contribution in [1.82, 2.24) is 5.32 Å². The van der Waals surface area contributed by atoms with Crippen LogP contribution in [0.2, 0.25) is 0 Å². The van der Waals surface area contributed by atoms with E-state index in [4.69, 9.17) is 5.73 Å². The first-order chi connectivity index (χ1) is 7.73. The topological polar surface area (TPSA) is 55.1 Å². The van der Waals surface area contributed by atoms with E-state index in [1.807, 2.05) is 6.92 Å². The zero-order valence-electron chi connectivity index (χ0n) is 9.94. The van der Waals surface area contributed by atoms with Crippen molar-refractivity contribution in [2.24, 2.45) is 11.7 Å². The molecular formula is C11H19F3N2O. The van der Waals surface area contributed by atoms with E-state index in [1.54, 1.807) is 0 Å². The zero-order valence-corrected chi connectivity index (χ0v) is 9.94. The van der Waals surface area contributed by atoms with Crippen molar-refractivity contribution in [2.45, 2.75) is 50.7 Å². The summed E-state index contributed by atoms with van der Waals surface area (Å²) in [6, 6.07) is 0. The lowest BCUT2D eigenvalue weighted by molar-refractivity contribution is -0.137. The molecule has 0 aromatic rings. The molecule has 2 unspecified atom stereocenters. The molecular weight excluding hydrogens is 233 g/mol. The van der Waals surface area contributed by atoms with Crippen molar-refractivity contribution >= 4 is 5.91 Å². The third-order valence-electron chi connectivity index (χ3n) is 3.18. The molecule has 17 heavy (non-hydrogen) atoms. The molecule has 0 heterocycles. The monoisotopic (exact) mass is 252 g/mol. The Morgan fingerprint density at radius 1 is 1.53 bits per heavy atom. The summed E-state index contributed by atoms with van der Waals surface area (Å²) >= 11 is 0. The third-order valence-corrected chi connectivity index (χ3v) is 3.18. The van der Waals surface area contributed by atoms with Gasteiger partial charge in [0.05, 0.1) is 12.0 Å². The van der Waals surface area contributed by atoms with E-state index in [1.165, 1.54) is 0 Å². The first-order valence-corrected chi connectivity index (χ1v) is 5.87. The van der Waals surface area contributed by atoms with Crippen molar-refractivity contribution in [1.29, 1.82) is 0 Å². The molecule has 1 aliphatic rings. The molecule has 100 valence electrons. The van der Waals surface area contributed by atoms with E-state index in [0.717, 1.165) is 12.8 Å². The van der Waals surface area contributed by atoms with Gasteiger partial charge < -0.3 is 11.1 Å². The number of alkyl halides is 3. The fourth-order valence-corrected chi connectivity index (χ4v) is 2.29. The predicted molar refractivity (Wildman–Crippen MR) is 58.2 cm³/mol. The summed E-state index contributed by atoms with van der Waals surface area (Å²) in [6.07, 6.45) is -2.28. The Labute approximate surface area is 98.9 Å². The number of carbonyl (C=O) groups is 1. The Morgan fingerprint density at radius 2 is 2.18 bits per heavy atom. The predicted octanol–water partition coefficient (Wildman–Crippen LogP) is 1.96. The number of halogens is 3. The Bertz CT molecular complexity index is 280. The van der Waals surface area contributed by atoms with Crippen molar-refractivity contribution in [3.05, 3.63) is 0 Å². The maximum absolute atomic E-state index is 11.9. The first kappa shape index (κ1) is 14.3. The van der Waals surface area contributed by atoms with Crippen LogP contribution in [0.5, 0.6) is 0 Å². The minimum absolute atomic E-state index is 0.349. The van der Waals surface area contributed by atoms with Gasteiger partial charge in [-0.3, -0.25) is 4.79 Å². The average Bonchev–Trinajstić information content (AvgIpc) is 2.15. The van der Waals surface area contributed by atoms with E-state index in [-0.39, 0.29) is 0 Å². The zero-order chi connectivity index (χ0) is 13.1. The molecule has 1 saturated carbocycles. The number of nitrogens with two attached hydrogens (primary N) is 1. The van der Waals surface area contributed by atoms with Gasteiger partial charge in [-0.1, -0.05) is 19.8 Å². The number of carbonyl (C=O) groups excluding carboxylic acids is 1. The maximum atomic E-state index is 11.9. The Hall–Kier alpha value is -0.780. The summed E-state index contributed by atoms with van der Waals surface area (Å²) in [5, 5.41) is 2.29. The van der Waals surface area contributed by atoms with Gasteiger partial charge in [0.15, 0.2) is 0 Å². The van der Waals surface area contributed by atoms with Gasteiger partial charge >= 0.3 is 6.18 Å². The van der Waals surface area contributed by atoms with Gasteiger partial charge in [0, 0.05) is 6.54 Å². The van der Waals surface area contributed by atoms with Crippen LogP contribution in [0, 0.1) is 5.92 Å². The minimum atomic E-state index is -4.24. The highest BCUT2D eigenvalue weighted by molar-refractivity contribution is 5.86. The molecule has 3 N–H and O–H groups in total. The highest BCUT2D eigenvalue weighted by Gasteiger charge is 2.38. The summed E-state index contributed by atoms with van der Waals surface area (Å²) < 4.78 is 35.8. The van der Waals surface area contributed by atoms with Gasteiger partial charge in [-0.15, -0.1) is 0 Å². The smallest absolute Gasteiger partial charge is 0.354 e. The molecule has 0 bridgehead atoms. The standard InChI is InChI=1S/C11H19F3N2O/c1-8-3-2-4-10(15,7-8)9(17)16-6-5-11(12,13)14/h8H,2-7,15H2,1H3,(H,16,17). The van der Waals surface area contributed by atoms with Crippen LogP contribution in [0.4, 0.5) is 13.2 Å². The van der Waals surface area contributed by atoms with Crippen LogP contribution in [0.25, 0.3) is 0 Å². The van der Waals surface area contributed by atoms with Gasteiger partial charge in [0.1, 0.15) is 0 Å². The van der Waals surface area contributed by atoms with Crippen LogP contribution in [0.15, 0.2) is 0 Å². The first-order valence-electron chi connectivity index (χ1n) is 5.87. The van der Waals surface area contributed by atoms with Crippen LogP contribution in [-0.2, 0) is 4.79 Å². The molecule has 0 radical (unpaired) electrons. The second-order valence-corrected chi connectivity index (χ2v) is 4.98. The molecule has 1 aliphatic carbocycles. The molecule has 1 rings (SSSR count). The van der Waals surface area contributed by atoms with E-state index in [2.05, 4.69) is 5.32 Å². The minimum Gasteiger partial charge on any atom is -0.354 e. The van der Waals surface area contributed by atoms with E-state index < -0.39 is 30.6 Å². The highest BCUT2D eigenvalue weighted by Crippen LogP contribution is 2.30. The molecule has 0 aliphatic heterocycles. The Kier molecular flexibility index (Phi) is 4.41. The third kappa shape index (κ3) is 4.53. The fourth-order valence-electron chi connectivity index (χ4n) is 2.29. The van der Waals surface area contributed by atoms with Gasteiger partial charge in [0.2, 0.25) is 5.91 Å². The van der Waals surface area contributed by atoms with Gasteiger partial charge in [0.25, 0.3) is 0 Å². The van der Waals surface area contributed by atoms with Gasteiger partial charge in [-0.05, 0) is 18.8 Å². The number of hydrogen-bond acceptors (Lipinski definition) is 2. The summed E-state index contributed by atoms with van der Waals surface area (Å²) in [5.74, 6) is -0.101.